The van der Waals surface area contributed by atoms with Crippen LogP contribution in [0.15, 0.2) is 63.6 Å². The summed E-state index contributed by atoms with van der Waals surface area (Å²) in [5, 5.41) is 3.62. The van der Waals surface area contributed by atoms with Gasteiger partial charge in [0.2, 0.25) is 0 Å². The van der Waals surface area contributed by atoms with Gasteiger partial charge in [-0.25, -0.2) is 4.39 Å². The van der Waals surface area contributed by atoms with Crippen LogP contribution in [-0.4, -0.2) is 34.1 Å². The topological polar surface area (TPSA) is 67.6 Å². The van der Waals surface area contributed by atoms with E-state index in [1.54, 1.807) is 42.3 Å². The lowest BCUT2D eigenvalue weighted by atomic mass is 10.0. The molecule has 2 aromatic heterocycles. The van der Waals surface area contributed by atoms with Gasteiger partial charge < -0.3 is 19.4 Å². The zero-order valence-electron chi connectivity index (χ0n) is 16.5. The molecule has 2 atom stereocenters. The third-order valence-corrected chi connectivity index (χ3v) is 5.76. The van der Waals surface area contributed by atoms with Crippen molar-refractivity contribution in [2.75, 3.05) is 13.2 Å². The molecule has 3 heterocycles. The van der Waals surface area contributed by atoms with Crippen LogP contribution in [0, 0.1) is 5.82 Å². The van der Waals surface area contributed by atoms with Gasteiger partial charge in [-0.15, -0.1) is 0 Å². The second kappa shape index (κ2) is 9.15. The third kappa shape index (κ3) is 4.47. The minimum absolute atomic E-state index is 0.0453. The lowest BCUT2D eigenvalue weighted by Gasteiger charge is -2.25. The molecule has 0 saturated carbocycles. The van der Waals surface area contributed by atoms with E-state index < -0.39 is 17.8 Å². The number of esters is 1. The predicted octanol–water partition coefficient (Wildman–Crippen LogP) is 4.78. The molecule has 3 aromatic rings. The monoisotopic (exact) mass is 503 g/mol. The van der Waals surface area contributed by atoms with Gasteiger partial charge in [0, 0.05) is 10.7 Å². The molecule has 31 heavy (non-hydrogen) atoms. The van der Waals surface area contributed by atoms with Crippen LogP contribution >= 0.6 is 28.1 Å². The number of rotatable bonds is 6. The summed E-state index contributed by atoms with van der Waals surface area (Å²) in [5.74, 6) is 0.113. The summed E-state index contributed by atoms with van der Waals surface area (Å²) in [7, 11) is 0. The van der Waals surface area contributed by atoms with Gasteiger partial charge >= 0.3 is 5.97 Å². The molecule has 4 rings (SSSR count). The van der Waals surface area contributed by atoms with Crippen LogP contribution in [0.4, 0.5) is 4.39 Å². The lowest BCUT2D eigenvalue weighted by Crippen LogP contribution is -2.35. The molecular weight excluding hydrogens is 485 g/mol. The largest absolute Gasteiger partial charge is 0.465 e. The number of thiocarbonyl (C=S) groups is 1. The van der Waals surface area contributed by atoms with Gasteiger partial charge in [-0.3, -0.25) is 9.78 Å². The Morgan fingerprint density at radius 2 is 2.16 bits per heavy atom. The van der Waals surface area contributed by atoms with Crippen molar-refractivity contribution >= 4 is 39.2 Å². The molecule has 0 spiro atoms. The number of halogens is 2. The number of hydrogen-bond donors (Lipinski definition) is 1. The number of hydrogen-bond acceptors (Lipinski definition) is 5. The number of carbonyl (C=O) groups excluding carboxylic acids is 1. The SMILES string of the molecule is CCOC(=O)CN1C(=S)N[C@@H](c2ccccn2)[C@H]1c1ccc(-c2ccc(Br)cc2F)o1. The molecule has 1 saturated heterocycles. The van der Waals surface area contributed by atoms with E-state index in [1.165, 1.54) is 6.07 Å². The summed E-state index contributed by atoms with van der Waals surface area (Å²) >= 11 is 8.77. The molecule has 1 fully saturated rings. The van der Waals surface area contributed by atoms with Crippen LogP contribution < -0.4 is 5.32 Å². The smallest absolute Gasteiger partial charge is 0.325 e. The second-order valence-corrected chi connectivity index (χ2v) is 8.19. The molecular formula is C22H19BrFN3O3S. The van der Waals surface area contributed by atoms with Gasteiger partial charge in [0.05, 0.1) is 23.9 Å². The van der Waals surface area contributed by atoms with Crippen LogP contribution in [0.1, 0.15) is 30.5 Å². The Morgan fingerprint density at radius 1 is 1.32 bits per heavy atom. The summed E-state index contributed by atoms with van der Waals surface area (Å²) in [6, 6.07) is 13.0. The van der Waals surface area contributed by atoms with Crippen LogP contribution in [-0.2, 0) is 9.53 Å². The molecule has 0 aliphatic carbocycles. The number of benzene rings is 1. The lowest BCUT2D eigenvalue weighted by molar-refractivity contribution is -0.143. The molecule has 6 nitrogen and oxygen atoms in total. The van der Waals surface area contributed by atoms with Crippen molar-refractivity contribution in [1.29, 1.82) is 0 Å². The average Bonchev–Trinajstić information content (AvgIpc) is 3.34. The molecule has 1 aliphatic heterocycles. The zero-order valence-corrected chi connectivity index (χ0v) is 19.0. The van der Waals surface area contributed by atoms with Gasteiger partial charge in [-0.1, -0.05) is 22.0 Å². The number of ether oxygens (including phenoxy) is 1. The standard InChI is InChI=1S/C22H19BrFN3O3S/c1-2-29-19(28)12-27-21(20(26-22(27)31)16-5-3-4-10-25-16)18-9-8-17(30-18)14-7-6-13(23)11-15(14)24/h3-11,20-21H,2,12H2,1H3,(H,26,31)/t20-,21+/m0/s1. The quantitative estimate of drug-likeness (QED) is 0.383. The normalized spacial score (nSPS) is 18.2. The Balaban J connectivity index is 1.72. The molecule has 1 N–H and O–H groups in total. The average molecular weight is 504 g/mol. The molecule has 160 valence electrons. The van der Waals surface area contributed by atoms with E-state index in [0.717, 1.165) is 5.69 Å². The molecule has 9 heteroatoms. The van der Waals surface area contributed by atoms with E-state index in [0.29, 0.717) is 26.7 Å². The Morgan fingerprint density at radius 3 is 2.87 bits per heavy atom. The Hall–Kier alpha value is -2.78. The van der Waals surface area contributed by atoms with Gasteiger partial charge in [0.15, 0.2) is 5.11 Å². The first-order valence-corrected chi connectivity index (χ1v) is 10.9. The summed E-state index contributed by atoms with van der Waals surface area (Å²) in [6.07, 6.45) is 1.69. The van der Waals surface area contributed by atoms with Crippen LogP contribution in [0.2, 0.25) is 0 Å². The Kier molecular flexibility index (Phi) is 6.33. The van der Waals surface area contributed by atoms with Crippen molar-refractivity contribution in [2.45, 2.75) is 19.0 Å². The molecule has 1 aliphatic rings. The molecule has 0 bridgehead atoms. The highest BCUT2D eigenvalue weighted by molar-refractivity contribution is 9.10. The highest BCUT2D eigenvalue weighted by Gasteiger charge is 2.42. The maximum atomic E-state index is 14.5. The van der Waals surface area contributed by atoms with E-state index in [1.807, 2.05) is 18.2 Å². The van der Waals surface area contributed by atoms with Crippen molar-refractivity contribution in [3.05, 3.63) is 76.5 Å². The van der Waals surface area contributed by atoms with Crippen LogP contribution in [0.3, 0.4) is 0 Å². The number of nitrogens with zero attached hydrogens (tertiary/aromatic N) is 2. The maximum Gasteiger partial charge on any atom is 0.325 e. The van der Waals surface area contributed by atoms with E-state index in [9.17, 15) is 9.18 Å². The second-order valence-electron chi connectivity index (χ2n) is 6.89. The highest BCUT2D eigenvalue weighted by Crippen LogP contribution is 2.40. The molecule has 0 radical (unpaired) electrons. The van der Waals surface area contributed by atoms with Crippen molar-refractivity contribution in [3.8, 4) is 11.3 Å². The molecule has 1 aromatic carbocycles. The summed E-state index contributed by atoms with van der Waals surface area (Å²) in [6.45, 7) is 1.98. The predicted molar refractivity (Wildman–Crippen MR) is 121 cm³/mol. The number of carbonyl (C=O) groups is 1. The number of furan rings is 1. The summed E-state index contributed by atoms with van der Waals surface area (Å²) < 4.78 is 26.3. The van der Waals surface area contributed by atoms with E-state index in [-0.39, 0.29) is 19.2 Å². The first kappa shape index (κ1) is 21.5. The zero-order chi connectivity index (χ0) is 22.0. The Labute approximate surface area is 192 Å². The summed E-state index contributed by atoms with van der Waals surface area (Å²) in [5.41, 5.74) is 1.09. The number of aromatic nitrogens is 1. The van der Waals surface area contributed by atoms with Gasteiger partial charge in [-0.05, 0) is 61.6 Å². The number of pyridine rings is 1. The van der Waals surface area contributed by atoms with Crippen molar-refractivity contribution in [2.24, 2.45) is 0 Å². The van der Waals surface area contributed by atoms with E-state index in [4.69, 9.17) is 21.4 Å². The third-order valence-electron chi connectivity index (χ3n) is 4.92. The maximum absolute atomic E-state index is 14.5. The van der Waals surface area contributed by atoms with Crippen LogP contribution in [0.25, 0.3) is 11.3 Å². The Bertz CT molecular complexity index is 1110. The van der Waals surface area contributed by atoms with Gasteiger partial charge in [0.25, 0.3) is 0 Å². The van der Waals surface area contributed by atoms with Gasteiger partial charge in [0.1, 0.15) is 29.9 Å². The van der Waals surface area contributed by atoms with E-state index in [2.05, 4.69) is 26.2 Å². The van der Waals surface area contributed by atoms with Crippen molar-refractivity contribution in [3.63, 3.8) is 0 Å². The number of nitrogens with one attached hydrogen (secondary N) is 1. The highest BCUT2D eigenvalue weighted by atomic mass is 79.9. The fourth-order valence-corrected chi connectivity index (χ4v) is 4.21. The fourth-order valence-electron chi connectivity index (χ4n) is 3.58. The first-order valence-electron chi connectivity index (χ1n) is 9.66. The van der Waals surface area contributed by atoms with Crippen molar-refractivity contribution in [1.82, 2.24) is 15.2 Å². The van der Waals surface area contributed by atoms with Crippen LogP contribution in [0.5, 0.6) is 0 Å². The van der Waals surface area contributed by atoms with Gasteiger partial charge in [-0.2, -0.15) is 0 Å². The van der Waals surface area contributed by atoms with Crippen molar-refractivity contribution < 1.29 is 18.3 Å². The minimum Gasteiger partial charge on any atom is -0.465 e. The molecule has 0 amide bonds. The fraction of sp³-hybridized carbons (Fsp3) is 0.227. The minimum atomic E-state index is -0.459. The molecule has 0 unspecified atom stereocenters. The first-order chi connectivity index (χ1) is 15.0. The summed E-state index contributed by atoms with van der Waals surface area (Å²) in [4.78, 5) is 18.4. The van der Waals surface area contributed by atoms with E-state index >= 15 is 0 Å².